The predicted molar refractivity (Wildman–Crippen MR) is 155 cm³/mol. The van der Waals surface area contributed by atoms with Crippen LogP contribution in [-0.4, -0.2) is 74.9 Å². The molecule has 0 aliphatic carbocycles. The van der Waals surface area contributed by atoms with Crippen LogP contribution >= 0.6 is 11.6 Å². The summed E-state index contributed by atoms with van der Waals surface area (Å²) in [4.78, 5) is 41.9. The molecule has 11 nitrogen and oxygen atoms in total. The Morgan fingerprint density at radius 2 is 1.95 bits per heavy atom. The number of H-pyrrole nitrogens is 1. The molecule has 0 unspecified atom stereocenters. The van der Waals surface area contributed by atoms with Crippen molar-refractivity contribution >= 4 is 40.2 Å². The Morgan fingerprint density at radius 3 is 2.63 bits per heavy atom. The molecule has 1 aliphatic heterocycles. The highest BCUT2D eigenvalue weighted by atomic mass is 35.5. The van der Waals surface area contributed by atoms with Gasteiger partial charge < -0.3 is 35.1 Å². The van der Waals surface area contributed by atoms with Gasteiger partial charge >= 0.3 is 0 Å². The fourth-order valence-corrected chi connectivity index (χ4v) is 4.89. The number of carbonyl (C=O) groups is 3. The van der Waals surface area contributed by atoms with E-state index < -0.39 is 23.9 Å². The number of hydrogen-bond acceptors (Lipinski definition) is 7. The first-order valence-corrected chi connectivity index (χ1v) is 14.2. The number of amides is 3. The molecule has 1 aliphatic rings. The van der Waals surface area contributed by atoms with Crippen LogP contribution in [0.3, 0.4) is 0 Å². The largest absolute Gasteiger partial charge is 0.490 e. The number of methoxy groups -OCH3 is 1. The molecule has 1 aromatic carbocycles. The molecule has 2 heterocycles. The highest BCUT2D eigenvalue weighted by Crippen LogP contribution is 2.32. The van der Waals surface area contributed by atoms with Crippen molar-refractivity contribution in [2.24, 2.45) is 11.3 Å². The molecule has 0 bridgehead atoms. The Hall–Kier alpha value is -3.33. The standard InChI is InChI=1S/C29H40ClN5O6/c1-29(2,3)16-23(28(38)33-19(17-31)14-18-6-5-9-32-26(18)36)35-27(37)22-15-20-24(8-7-21(30)25(20)34-22)41-13-12-40-11-10-39-4/h7-8,15,18-19,23,34H,5-6,9-14,16H2,1-4H3,(H,32,36)(H,33,38)(H,35,37)/t18-,19-,23-/m0/s1. The van der Waals surface area contributed by atoms with Crippen LogP contribution in [0.5, 0.6) is 5.75 Å². The fraction of sp³-hybridized carbons (Fsp3) is 0.586. The molecule has 12 heteroatoms. The Balaban J connectivity index is 1.72. The van der Waals surface area contributed by atoms with Crippen molar-refractivity contribution in [1.29, 1.82) is 5.26 Å². The monoisotopic (exact) mass is 589 g/mol. The van der Waals surface area contributed by atoms with Gasteiger partial charge in [-0.2, -0.15) is 5.26 Å². The number of hydrogen-bond donors (Lipinski definition) is 4. The summed E-state index contributed by atoms with van der Waals surface area (Å²) >= 11 is 6.39. The van der Waals surface area contributed by atoms with E-state index in [4.69, 9.17) is 25.8 Å². The van der Waals surface area contributed by atoms with E-state index in [9.17, 15) is 19.6 Å². The maximum atomic E-state index is 13.4. The lowest BCUT2D eigenvalue weighted by atomic mass is 9.87. The molecule has 3 atom stereocenters. The summed E-state index contributed by atoms with van der Waals surface area (Å²) in [6.45, 7) is 8.10. The second kappa shape index (κ2) is 15.1. The topological polar surface area (TPSA) is 155 Å². The second-order valence-corrected chi connectivity index (χ2v) is 11.7. The average Bonchev–Trinajstić information content (AvgIpc) is 3.38. The molecule has 4 N–H and O–H groups in total. The van der Waals surface area contributed by atoms with Crippen molar-refractivity contribution in [2.75, 3.05) is 40.1 Å². The van der Waals surface area contributed by atoms with Crippen molar-refractivity contribution in [3.63, 3.8) is 0 Å². The summed E-state index contributed by atoms with van der Waals surface area (Å²) in [5, 5.41) is 19.1. The zero-order valence-corrected chi connectivity index (χ0v) is 24.9. The minimum atomic E-state index is -0.916. The van der Waals surface area contributed by atoms with E-state index in [-0.39, 0.29) is 29.4 Å². The molecular formula is C29H40ClN5O6. The zero-order valence-electron chi connectivity index (χ0n) is 24.1. The van der Waals surface area contributed by atoms with E-state index in [1.807, 2.05) is 20.8 Å². The smallest absolute Gasteiger partial charge is 0.268 e. The number of rotatable bonds is 14. The quantitative estimate of drug-likeness (QED) is 0.246. The summed E-state index contributed by atoms with van der Waals surface area (Å²) in [5.74, 6) is -0.903. The number of piperidine rings is 1. The average molecular weight is 590 g/mol. The minimum Gasteiger partial charge on any atom is -0.490 e. The summed E-state index contributed by atoms with van der Waals surface area (Å²) in [5.41, 5.74) is 0.426. The third-order valence-corrected chi connectivity index (χ3v) is 7.01. The lowest BCUT2D eigenvalue weighted by Gasteiger charge is -2.28. The lowest BCUT2D eigenvalue weighted by molar-refractivity contribution is -0.128. The van der Waals surface area contributed by atoms with Gasteiger partial charge in [0.15, 0.2) is 0 Å². The van der Waals surface area contributed by atoms with Crippen LogP contribution in [0.15, 0.2) is 18.2 Å². The number of aromatic amines is 1. The number of benzene rings is 1. The van der Waals surface area contributed by atoms with E-state index in [2.05, 4.69) is 27.0 Å². The lowest BCUT2D eigenvalue weighted by Crippen LogP contribution is -2.51. The van der Waals surface area contributed by atoms with Gasteiger partial charge in [-0.05, 0) is 49.3 Å². The Bertz CT molecular complexity index is 1250. The van der Waals surface area contributed by atoms with Crippen LogP contribution in [0.2, 0.25) is 5.02 Å². The van der Waals surface area contributed by atoms with Gasteiger partial charge in [0.1, 0.15) is 30.1 Å². The van der Waals surface area contributed by atoms with Gasteiger partial charge in [-0.15, -0.1) is 0 Å². The van der Waals surface area contributed by atoms with E-state index in [1.165, 1.54) is 0 Å². The highest BCUT2D eigenvalue weighted by molar-refractivity contribution is 6.35. The first kappa shape index (κ1) is 32.2. The number of nitrogens with one attached hydrogen (secondary N) is 4. The van der Waals surface area contributed by atoms with Crippen molar-refractivity contribution in [1.82, 2.24) is 20.9 Å². The zero-order chi connectivity index (χ0) is 30.0. The van der Waals surface area contributed by atoms with Crippen molar-refractivity contribution in [2.45, 2.75) is 58.5 Å². The van der Waals surface area contributed by atoms with Crippen molar-refractivity contribution in [3.8, 4) is 11.8 Å². The maximum absolute atomic E-state index is 13.4. The molecule has 0 radical (unpaired) electrons. The molecule has 2 aromatic rings. The summed E-state index contributed by atoms with van der Waals surface area (Å²) in [6.07, 6.45) is 2.03. The first-order valence-electron chi connectivity index (χ1n) is 13.8. The van der Waals surface area contributed by atoms with Crippen LogP contribution < -0.4 is 20.7 Å². The minimum absolute atomic E-state index is 0.107. The third kappa shape index (κ3) is 9.63. The van der Waals surface area contributed by atoms with Gasteiger partial charge in [-0.3, -0.25) is 14.4 Å². The van der Waals surface area contributed by atoms with E-state index >= 15 is 0 Å². The van der Waals surface area contributed by atoms with Gasteiger partial charge in [0, 0.05) is 25.0 Å². The Labute approximate surface area is 245 Å². The van der Waals surface area contributed by atoms with E-state index in [1.54, 1.807) is 25.3 Å². The van der Waals surface area contributed by atoms with Gasteiger partial charge in [-0.1, -0.05) is 32.4 Å². The molecule has 3 rings (SSSR count). The molecule has 0 saturated carbocycles. The number of ether oxygens (including phenoxy) is 3. The van der Waals surface area contributed by atoms with Crippen LogP contribution in [0.4, 0.5) is 0 Å². The third-order valence-electron chi connectivity index (χ3n) is 6.69. The molecule has 1 saturated heterocycles. The summed E-state index contributed by atoms with van der Waals surface area (Å²) < 4.78 is 16.3. The summed E-state index contributed by atoms with van der Waals surface area (Å²) in [7, 11) is 1.60. The number of fused-ring (bicyclic) bond motifs is 1. The van der Waals surface area contributed by atoms with Crippen LogP contribution in [0, 0.1) is 22.7 Å². The number of carbonyl (C=O) groups excluding carboxylic acids is 3. The molecule has 1 fully saturated rings. The number of nitriles is 1. The second-order valence-electron chi connectivity index (χ2n) is 11.3. The number of aromatic nitrogens is 1. The predicted octanol–water partition coefficient (Wildman–Crippen LogP) is 3.32. The molecule has 1 aromatic heterocycles. The molecule has 224 valence electrons. The van der Waals surface area contributed by atoms with Gasteiger partial charge in [0.05, 0.1) is 36.4 Å². The van der Waals surface area contributed by atoms with Crippen molar-refractivity contribution in [3.05, 3.63) is 28.9 Å². The summed E-state index contributed by atoms with van der Waals surface area (Å²) in [6, 6.07) is 5.34. The van der Waals surface area contributed by atoms with Crippen LogP contribution in [0.1, 0.15) is 56.9 Å². The molecular weight excluding hydrogens is 550 g/mol. The van der Waals surface area contributed by atoms with Gasteiger partial charge in [0.2, 0.25) is 11.8 Å². The van der Waals surface area contributed by atoms with E-state index in [0.29, 0.717) is 67.5 Å². The number of nitrogens with zero attached hydrogens (tertiary/aromatic N) is 1. The maximum Gasteiger partial charge on any atom is 0.268 e. The Morgan fingerprint density at radius 1 is 1.20 bits per heavy atom. The molecule has 3 amide bonds. The van der Waals surface area contributed by atoms with E-state index in [0.717, 1.165) is 6.42 Å². The highest BCUT2D eigenvalue weighted by Gasteiger charge is 2.31. The molecule has 41 heavy (non-hydrogen) atoms. The van der Waals surface area contributed by atoms with Crippen molar-refractivity contribution < 1.29 is 28.6 Å². The normalized spacial score (nSPS) is 16.9. The van der Waals surface area contributed by atoms with Gasteiger partial charge in [-0.25, -0.2) is 0 Å². The van der Waals surface area contributed by atoms with Crippen LogP contribution in [0.25, 0.3) is 10.9 Å². The molecule has 0 spiro atoms. The first-order chi connectivity index (χ1) is 19.5. The number of halogens is 1. The SMILES string of the molecule is COCCOCCOc1ccc(Cl)c2[nH]c(C(=O)N[C@@H](CC(C)(C)C)C(=O)N[C@H](C#N)C[C@@H]3CCCNC3=O)cc12. The van der Waals surface area contributed by atoms with Crippen LogP contribution in [-0.2, 0) is 19.1 Å². The fourth-order valence-electron chi connectivity index (χ4n) is 4.68. The van der Waals surface area contributed by atoms with Gasteiger partial charge in [0.25, 0.3) is 5.91 Å². The Kier molecular flexibility index (Phi) is 11.8.